The normalized spacial score (nSPS) is 12.3. The Hall–Kier alpha value is -0.400. The van der Waals surface area contributed by atoms with Crippen LogP contribution < -0.4 is 9.44 Å². The maximum absolute atomic E-state index is 11.7. The van der Waals surface area contributed by atoms with Crippen molar-refractivity contribution in [3.63, 3.8) is 0 Å². The summed E-state index contributed by atoms with van der Waals surface area (Å²) in [6, 6.07) is 0. The number of amides is 2. The molecule has 0 spiro atoms. The van der Waals surface area contributed by atoms with E-state index in [2.05, 4.69) is 9.44 Å². The first-order valence-corrected chi connectivity index (χ1v) is 8.65. The minimum absolute atomic E-state index is 0.0206. The number of ether oxygens (including phenoxy) is 1. The zero-order chi connectivity index (χ0) is 14.7. The molecule has 5 nitrogen and oxygen atoms in total. The monoisotopic (exact) mass is 308 g/mol. The Morgan fingerprint density at radius 1 is 1.16 bits per heavy atom. The molecule has 0 aliphatic heterocycles. The Balaban J connectivity index is 3.56. The van der Waals surface area contributed by atoms with Crippen LogP contribution in [0, 0.1) is 5.92 Å². The Morgan fingerprint density at radius 2 is 1.79 bits per heavy atom. The van der Waals surface area contributed by atoms with E-state index in [-0.39, 0.29) is 23.8 Å². The van der Waals surface area contributed by atoms with Crippen LogP contribution in [0.25, 0.3) is 0 Å². The van der Waals surface area contributed by atoms with Gasteiger partial charge in [0.25, 0.3) is 0 Å². The second kappa shape index (κ2) is 11.4. The van der Waals surface area contributed by atoms with Gasteiger partial charge in [-0.15, -0.1) is 0 Å². The number of nitrogens with one attached hydrogen (secondary N) is 2. The average Bonchev–Trinajstić information content (AvgIpc) is 2.38. The highest BCUT2D eigenvalue weighted by atomic mass is 33.1. The molecule has 2 amide bonds. The number of hydrogen-bond acceptors (Lipinski definition) is 5. The van der Waals surface area contributed by atoms with Crippen molar-refractivity contribution in [1.29, 1.82) is 0 Å². The van der Waals surface area contributed by atoms with Crippen LogP contribution in [0.2, 0.25) is 0 Å². The molecule has 0 aromatic carbocycles. The van der Waals surface area contributed by atoms with E-state index < -0.39 is 0 Å². The molecule has 2 N–H and O–H groups in total. The van der Waals surface area contributed by atoms with Crippen LogP contribution in [0.15, 0.2) is 0 Å². The molecule has 19 heavy (non-hydrogen) atoms. The molecule has 0 radical (unpaired) electrons. The molecule has 0 saturated heterocycles. The lowest BCUT2D eigenvalue weighted by molar-refractivity contribution is -0.123. The maximum atomic E-state index is 11.7. The predicted molar refractivity (Wildman–Crippen MR) is 81.2 cm³/mol. The summed E-state index contributed by atoms with van der Waals surface area (Å²) in [4.78, 5) is 22.6. The Labute approximate surface area is 123 Å². The molecule has 0 bridgehead atoms. The van der Waals surface area contributed by atoms with Crippen molar-refractivity contribution in [3.05, 3.63) is 0 Å². The minimum Gasteiger partial charge on any atom is -0.379 e. The maximum Gasteiger partial charge on any atom is 0.233 e. The van der Waals surface area contributed by atoms with Crippen molar-refractivity contribution in [1.82, 2.24) is 9.44 Å². The van der Waals surface area contributed by atoms with Crippen LogP contribution in [0.4, 0.5) is 0 Å². The summed E-state index contributed by atoms with van der Waals surface area (Å²) in [7, 11) is 2.26. The molecule has 0 saturated carbocycles. The lowest BCUT2D eigenvalue weighted by atomic mass is 10.1. The van der Waals surface area contributed by atoms with Gasteiger partial charge in [-0.05, 0) is 26.7 Å². The highest BCUT2D eigenvalue weighted by molar-refractivity contribution is 8.75. The van der Waals surface area contributed by atoms with Gasteiger partial charge in [0.05, 0.1) is 6.10 Å². The largest absolute Gasteiger partial charge is 0.379 e. The molecule has 1 unspecified atom stereocenters. The van der Waals surface area contributed by atoms with Gasteiger partial charge in [-0.25, -0.2) is 0 Å². The number of hydrogen-bond donors (Lipinski definition) is 2. The summed E-state index contributed by atoms with van der Waals surface area (Å²) in [6.45, 7) is 8.34. The second-order valence-electron chi connectivity index (χ2n) is 4.47. The van der Waals surface area contributed by atoms with E-state index in [9.17, 15) is 9.59 Å². The number of rotatable bonds is 10. The zero-order valence-corrected chi connectivity index (χ0v) is 13.7. The van der Waals surface area contributed by atoms with Gasteiger partial charge in [0.15, 0.2) is 0 Å². The average molecular weight is 308 g/mol. The quantitative estimate of drug-likeness (QED) is 0.369. The molecule has 0 rings (SSSR count). The summed E-state index contributed by atoms with van der Waals surface area (Å²) >= 11 is 0. The van der Waals surface area contributed by atoms with Gasteiger partial charge in [0.2, 0.25) is 11.8 Å². The smallest absolute Gasteiger partial charge is 0.233 e. The zero-order valence-electron chi connectivity index (χ0n) is 12.0. The topological polar surface area (TPSA) is 67.4 Å². The first-order valence-electron chi connectivity index (χ1n) is 6.50. The summed E-state index contributed by atoms with van der Waals surface area (Å²) in [5.74, 6) is -0.121. The first-order chi connectivity index (χ1) is 8.97. The van der Waals surface area contributed by atoms with Crippen molar-refractivity contribution in [3.8, 4) is 0 Å². The van der Waals surface area contributed by atoms with Crippen molar-refractivity contribution >= 4 is 33.8 Å². The summed E-state index contributed by atoms with van der Waals surface area (Å²) in [5, 5.41) is 0. The molecule has 1 atom stereocenters. The van der Waals surface area contributed by atoms with Crippen LogP contribution >= 0.6 is 22.0 Å². The third kappa shape index (κ3) is 11.1. The number of carbonyl (C=O) groups excluding carboxylic acids is 2. The van der Waals surface area contributed by atoms with Crippen molar-refractivity contribution in [2.24, 2.45) is 5.92 Å². The lowest BCUT2D eigenvalue weighted by Gasteiger charge is -2.12. The van der Waals surface area contributed by atoms with Crippen molar-refractivity contribution < 1.29 is 14.3 Å². The molecule has 7 heteroatoms. The minimum atomic E-state index is -0.0503. The van der Waals surface area contributed by atoms with Crippen LogP contribution in [0.3, 0.4) is 0 Å². The second-order valence-corrected chi connectivity index (χ2v) is 6.22. The van der Waals surface area contributed by atoms with Crippen LogP contribution in [-0.4, -0.2) is 24.5 Å². The van der Waals surface area contributed by atoms with E-state index in [1.807, 2.05) is 20.8 Å². The Kier molecular flexibility index (Phi) is 11.2. The summed E-state index contributed by atoms with van der Waals surface area (Å²) in [5.41, 5.74) is 0. The van der Waals surface area contributed by atoms with Gasteiger partial charge in [0, 0.05) is 40.9 Å². The van der Waals surface area contributed by atoms with Crippen LogP contribution in [-0.2, 0) is 14.3 Å². The van der Waals surface area contributed by atoms with E-state index in [0.717, 1.165) is 34.8 Å². The van der Waals surface area contributed by atoms with Crippen LogP contribution in [0.1, 0.15) is 47.0 Å². The Bertz CT molecular complexity index is 276. The first kappa shape index (κ1) is 18.6. The lowest BCUT2D eigenvalue weighted by Crippen LogP contribution is -2.24. The molecule has 0 aliphatic carbocycles. The molecular weight excluding hydrogens is 284 g/mol. The molecular formula is C12H24N2O3S2. The van der Waals surface area contributed by atoms with Crippen molar-refractivity contribution in [2.45, 2.75) is 53.1 Å². The highest BCUT2D eigenvalue weighted by Gasteiger charge is 2.12. The summed E-state index contributed by atoms with van der Waals surface area (Å²) in [6.07, 6.45) is 2.34. The molecule has 0 aliphatic rings. The molecule has 112 valence electrons. The molecule has 0 heterocycles. The van der Waals surface area contributed by atoms with Crippen LogP contribution in [0.5, 0.6) is 0 Å². The molecule has 0 aromatic rings. The van der Waals surface area contributed by atoms with E-state index >= 15 is 0 Å². The number of carbonyl (C=O) groups is 2. The van der Waals surface area contributed by atoms with Gasteiger partial charge in [-0.1, -0.05) is 13.8 Å². The third-order valence-corrected chi connectivity index (χ3v) is 3.77. The van der Waals surface area contributed by atoms with E-state index in [1.54, 1.807) is 6.92 Å². The van der Waals surface area contributed by atoms with Gasteiger partial charge in [0.1, 0.15) is 0 Å². The Morgan fingerprint density at radius 3 is 2.37 bits per heavy atom. The summed E-state index contributed by atoms with van der Waals surface area (Å²) < 4.78 is 10.7. The van der Waals surface area contributed by atoms with E-state index in [0.29, 0.717) is 13.0 Å². The van der Waals surface area contributed by atoms with Gasteiger partial charge in [-0.3, -0.25) is 19.0 Å². The fourth-order valence-corrected chi connectivity index (χ4v) is 2.52. The standard InChI is InChI=1S/C12H24N2O3S2/c1-5-11(15)13-18-19-14-12(16)10(4)7-6-8-17-9(2)3/h9-10H,5-8H2,1-4H3,(H,13,15)(H,14,16). The fraction of sp³-hybridized carbons (Fsp3) is 0.833. The van der Waals surface area contributed by atoms with Gasteiger partial charge >= 0.3 is 0 Å². The van der Waals surface area contributed by atoms with Crippen molar-refractivity contribution in [2.75, 3.05) is 6.61 Å². The SMILES string of the molecule is CCC(=O)NSSNC(=O)C(C)CCCOC(C)C. The third-order valence-electron chi connectivity index (χ3n) is 2.34. The van der Waals surface area contributed by atoms with Gasteiger partial charge < -0.3 is 4.74 Å². The van der Waals surface area contributed by atoms with E-state index in [4.69, 9.17) is 4.74 Å². The highest BCUT2D eigenvalue weighted by Crippen LogP contribution is 2.15. The fourth-order valence-electron chi connectivity index (χ4n) is 1.14. The van der Waals surface area contributed by atoms with E-state index in [1.165, 1.54) is 0 Å². The molecule has 0 fully saturated rings. The predicted octanol–water partition coefficient (Wildman–Crippen LogP) is 2.68. The molecule has 0 aromatic heterocycles. The van der Waals surface area contributed by atoms with Gasteiger partial charge in [-0.2, -0.15) is 0 Å².